The molecule has 0 saturated heterocycles. The largest absolute Gasteiger partial charge is 0.368 e. The Balaban J connectivity index is 2.87. The SMILES string of the molecule is CCCC(C)(C#N)Nc1ccc(Cl)c(Br)c1. The van der Waals surface area contributed by atoms with Crippen molar-refractivity contribution in [2.45, 2.75) is 32.2 Å². The van der Waals surface area contributed by atoms with Crippen molar-refractivity contribution in [2.75, 3.05) is 5.32 Å². The summed E-state index contributed by atoms with van der Waals surface area (Å²) in [5.41, 5.74) is 0.371. The molecule has 0 saturated carbocycles. The Labute approximate surface area is 110 Å². The fourth-order valence-electron chi connectivity index (χ4n) is 1.54. The molecule has 1 N–H and O–H groups in total. The average Bonchev–Trinajstić information content (AvgIpc) is 2.24. The minimum absolute atomic E-state index is 0.526. The molecular formula is C12H14BrClN2. The maximum atomic E-state index is 9.15. The lowest BCUT2D eigenvalue weighted by atomic mass is 9.98. The molecule has 1 unspecified atom stereocenters. The predicted molar refractivity (Wildman–Crippen MR) is 71.7 cm³/mol. The number of nitrogens with zero attached hydrogens (tertiary/aromatic N) is 1. The van der Waals surface area contributed by atoms with Crippen LogP contribution in [0.3, 0.4) is 0 Å². The first kappa shape index (κ1) is 13.3. The molecule has 1 aromatic carbocycles. The zero-order chi connectivity index (χ0) is 12.2. The van der Waals surface area contributed by atoms with E-state index in [0.29, 0.717) is 5.02 Å². The van der Waals surface area contributed by atoms with Gasteiger partial charge in [0.25, 0.3) is 0 Å². The Morgan fingerprint density at radius 2 is 2.25 bits per heavy atom. The van der Waals surface area contributed by atoms with E-state index in [2.05, 4.69) is 34.2 Å². The van der Waals surface area contributed by atoms with Gasteiger partial charge in [-0.25, -0.2) is 0 Å². The van der Waals surface area contributed by atoms with Crippen LogP contribution < -0.4 is 5.32 Å². The van der Waals surface area contributed by atoms with E-state index in [1.807, 2.05) is 19.1 Å². The lowest BCUT2D eigenvalue weighted by molar-refractivity contribution is 0.579. The highest BCUT2D eigenvalue weighted by molar-refractivity contribution is 9.10. The van der Waals surface area contributed by atoms with Crippen LogP contribution >= 0.6 is 27.5 Å². The maximum absolute atomic E-state index is 9.15. The summed E-state index contributed by atoms with van der Waals surface area (Å²) in [5.74, 6) is 0. The summed E-state index contributed by atoms with van der Waals surface area (Å²) in [7, 11) is 0. The quantitative estimate of drug-likeness (QED) is 0.882. The fraction of sp³-hybridized carbons (Fsp3) is 0.417. The number of hydrogen-bond donors (Lipinski definition) is 1. The van der Waals surface area contributed by atoms with Crippen LogP contribution in [0.2, 0.25) is 5.02 Å². The Hall–Kier alpha value is -0.720. The monoisotopic (exact) mass is 300 g/mol. The van der Waals surface area contributed by atoms with Crippen LogP contribution in [-0.4, -0.2) is 5.54 Å². The molecule has 4 heteroatoms. The van der Waals surface area contributed by atoms with E-state index < -0.39 is 5.54 Å². The van der Waals surface area contributed by atoms with E-state index in [4.69, 9.17) is 16.9 Å². The summed E-state index contributed by atoms with van der Waals surface area (Å²) >= 11 is 9.27. The van der Waals surface area contributed by atoms with Gasteiger partial charge in [-0.3, -0.25) is 0 Å². The first-order valence-corrected chi connectivity index (χ1v) is 6.32. The first-order chi connectivity index (χ1) is 7.50. The molecule has 1 rings (SSSR count). The Bertz CT molecular complexity index is 414. The second kappa shape index (κ2) is 5.56. The van der Waals surface area contributed by atoms with Crippen LogP contribution in [0.15, 0.2) is 22.7 Å². The molecule has 0 radical (unpaired) electrons. The summed E-state index contributed by atoms with van der Waals surface area (Å²) < 4.78 is 0.830. The van der Waals surface area contributed by atoms with E-state index >= 15 is 0 Å². The summed E-state index contributed by atoms with van der Waals surface area (Å²) in [6.07, 6.45) is 1.77. The standard InChI is InChI=1S/C12H14BrClN2/c1-3-6-12(2,8-15)16-9-4-5-11(14)10(13)7-9/h4-5,7,16H,3,6H2,1-2H3. The Morgan fingerprint density at radius 3 is 2.75 bits per heavy atom. The number of rotatable bonds is 4. The fourth-order valence-corrected chi connectivity index (χ4v) is 2.04. The topological polar surface area (TPSA) is 35.8 Å². The lowest BCUT2D eigenvalue weighted by Crippen LogP contribution is -2.32. The van der Waals surface area contributed by atoms with Crippen LogP contribution in [0.4, 0.5) is 5.69 Å². The molecule has 0 aromatic heterocycles. The van der Waals surface area contributed by atoms with Gasteiger partial charge in [0.2, 0.25) is 0 Å². The summed E-state index contributed by atoms with van der Waals surface area (Å²) in [6.45, 7) is 3.97. The molecule has 16 heavy (non-hydrogen) atoms. The van der Waals surface area contributed by atoms with Crippen molar-refractivity contribution in [3.05, 3.63) is 27.7 Å². The van der Waals surface area contributed by atoms with Crippen LogP contribution in [-0.2, 0) is 0 Å². The van der Waals surface area contributed by atoms with Gasteiger partial charge in [-0.1, -0.05) is 24.9 Å². The number of benzene rings is 1. The Morgan fingerprint density at radius 1 is 1.56 bits per heavy atom. The second-order valence-corrected chi connectivity index (χ2v) is 5.21. The minimum atomic E-state index is -0.526. The van der Waals surface area contributed by atoms with E-state index in [9.17, 15) is 0 Å². The van der Waals surface area contributed by atoms with Gasteiger partial charge >= 0.3 is 0 Å². The predicted octanol–water partition coefficient (Wildman–Crippen LogP) is 4.60. The van der Waals surface area contributed by atoms with Gasteiger partial charge < -0.3 is 5.32 Å². The highest BCUT2D eigenvalue weighted by atomic mass is 79.9. The highest BCUT2D eigenvalue weighted by Gasteiger charge is 2.22. The number of hydrogen-bond acceptors (Lipinski definition) is 2. The molecule has 86 valence electrons. The molecule has 0 aliphatic heterocycles. The second-order valence-electron chi connectivity index (χ2n) is 3.95. The first-order valence-electron chi connectivity index (χ1n) is 5.15. The zero-order valence-electron chi connectivity index (χ0n) is 9.35. The third-order valence-corrected chi connectivity index (χ3v) is 3.55. The van der Waals surface area contributed by atoms with Crippen LogP contribution in [0.25, 0.3) is 0 Å². The summed E-state index contributed by atoms with van der Waals surface area (Å²) in [4.78, 5) is 0. The third kappa shape index (κ3) is 3.40. The van der Waals surface area contributed by atoms with Gasteiger partial charge in [0.1, 0.15) is 5.54 Å². The van der Waals surface area contributed by atoms with Gasteiger partial charge in [0, 0.05) is 10.2 Å². The molecule has 0 aliphatic carbocycles. The van der Waals surface area contributed by atoms with Crippen molar-refractivity contribution in [1.82, 2.24) is 0 Å². The van der Waals surface area contributed by atoms with Gasteiger partial charge in [0.15, 0.2) is 0 Å². The van der Waals surface area contributed by atoms with E-state index in [1.165, 1.54) is 0 Å². The number of nitriles is 1. The van der Waals surface area contributed by atoms with Gasteiger partial charge in [-0.15, -0.1) is 0 Å². The van der Waals surface area contributed by atoms with Crippen molar-refractivity contribution in [2.24, 2.45) is 0 Å². The van der Waals surface area contributed by atoms with Gasteiger partial charge in [-0.2, -0.15) is 5.26 Å². The minimum Gasteiger partial charge on any atom is -0.368 e. The third-order valence-electron chi connectivity index (χ3n) is 2.34. The summed E-state index contributed by atoms with van der Waals surface area (Å²) in [6, 6.07) is 7.86. The van der Waals surface area contributed by atoms with Crippen LogP contribution in [0, 0.1) is 11.3 Å². The Kier molecular flexibility index (Phi) is 4.64. The van der Waals surface area contributed by atoms with Crippen molar-refractivity contribution in [3.63, 3.8) is 0 Å². The highest BCUT2D eigenvalue weighted by Crippen LogP contribution is 2.28. The zero-order valence-corrected chi connectivity index (χ0v) is 11.7. The molecule has 1 atom stereocenters. The summed E-state index contributed by atoms with van der Waals surface area (Å²) in [5, 5.41) is 13.0. The lowest BCUT2D eigenvalue weighted by Gasteiger charge is -2.24. The van der Waals surface area contributed by atoms with Crippen LogP contribution in [0.5, 0.6) is 0 Å². The molecule has 0 fully saturated rings. The molecule has 1 aromatic rings. The number of anilines is 1. The van der Waals surface area contributed by atoms with Crippen molar-refractivity contribution in [1.29, 1.82) is 5.26 Å². The van der Waals surface area contributed by atoms with Gasteiger partial charge in [0.05, 0.1) is 11.1 Å². The maximum Gasteiger partial charge on any atom is 0.122 e. The smallest absolute Gasteiger partial charge is 0.122 e. The van der Waals surface area contributed by atoms with E-state index in [-0.39, 0.29) is 0 Å². The van der Waals surface area contributed by atoms with Crippen LogP contribution in [0.1, 0.15) is 26.7 Å². The normalized spacial score (nSPS) is 13.9. The molecule has 2 nitrogen and oxygen atoms in total. The van der Waals surface area contributed by atoms with Crippen molar-refractivity contribution >= 4 is 33.2 Å². The van der Waals surface area contributed by atoms with Gasteiger partial charge in [-0.05, 0) is 47.5 Å². The molecule has 0 heterocycles. The molecule has 0 amide bonds. The van der Waals surface area contributed by atoms with E-state index in [0.717, 1.165) is 23.0 Å². The molecular weight excluding hydrogens is 288 g/mol. The molecule has 0 aliphatic rings. The average molecular weight is 302 g/mol. The van der Waals surface area contributed by atoms with Crippen molar-refractivity contribution < 1.29 is 0 Å². The number of halogens is 2. The molecule has 0 bridgehead atoms. The van der Waals surface area contributed by atoms with E-state index in [1.54, 1.807) is 6.07 Å². The number of nitrogens with one attached hydrogen (secondary N) is 1. The van der Waals surface area contributed by atoms with Crippen molar-refractivity contribution in [3.8, 4) is 6.07 Å². The molecule has 0 spiro atoms.